The number of carbonyl (C=O) groups is 2. The number of thiocarbonyl (C=S) groups is 1. The molecule has 1 heterocycles. The highest BCUT2D eigenvalue weighted by atomic mass is 35.5. The van der Waals surface area contributed by atoms with Crippen LogP contribution in [0.15, 0.2) is 47.4 Å². The first-order chi connectivity index (χ1) is 13.9. The molecule has 3 rings (SSSR count). The molecule has 29 heavy (non-hydrogen) atoms. The maximum absolute atomic E-state index is 12.7. The molecular weight excluding hydrogens is 451 g/mol. The van der Waals surface area contributed by atoms with Crippen molar-refractivity contribution < 1.29 is 14.3 Å². The summed E-state index contributed by atoms with van der Waals surface area (Å²) < 4.78 is 5.74. The van der Waals surface area contributed by atoms with E-state index in [1.54, 1.807) is 24.3 Å². The zero-order valence-electron chi connectivity index (χ0n) is 15.3. The van der Waals surface area contributed by atoms with Crippen molar-refractivity contribution in [2.75, 3.05) is 18.5 Å². The van der Waals surface area contributed by atoms with Crippen LogP contribution in [0.25, 0.3) is 6.08 Å². The number of benzene rings is 2. The first-order valence-corrected chi connectivity index (χ1v) is 10.6. The SMILES string of the molecule is CCOc1ccc(/C=C2\SC(=S)N(CC(=O)Nc3cc(Cl)cc(Cl)c3)C2=O)cc1. The topological polar surface area (TPSA) is 58.6 Å². The quantitative estimate of drug-likeness (QED) is 0.466. The van der Waals surface area contributed by atoms with Gasteiger partial charge in [0.05, 0.1) is 11.5 Å². The molecule has 0 radical (unpaired) electrons. The first kappa shape index (κ1) is 21.6. The number of thioether (sulfide) groups is 1. The molecule has 1 aliphatic rings. The van der Waals surface area contributed by atoms with E-state index < -0.39 is 5.91 Å². The van der Waals surface area contributed by atoms with Crippen molar-refractivity contribution in [3.63, 3.8) is 0 Å². The van der Waals surface area contributed by atoms with E-state index >= 15 is 0 Å². The molecule has 1 N–H and O–H groups in total. The van der Waals surface area contributed by atoms with Crippen molar-refractivity contribution in [1.82, 2.24) is 4.90 Å². The number of carbonyl (C=O) groups excluding carboxylic acids is 2. The van der Waals surface area contributed by atoms with Gasteiger partial charge in [-0.25, -0.2) is 0 Å². The molecule has 0 atom stereocenters. The van der Waals surface area contributed by atoms with Crippen molar-refractivity contribution in [3.05, 3.63) is 63.0 Å². The Kier molecular flexibility index (Phi) is 7.18. The average Bonchev–Trinajstić information content (AvgIpc) is 2.90. The van der Waals surface area contributed by atoms with Gasteiger partial charge in [-0.2, -0.15) is 0 Å². The minimum Gasteiger partial charge on any atom is -0.494 e. The van der Waals surface area contributed by atoms with Crippen LogP contribution in [0.2, 0.25) is 10.0 Å². The van der Waals surface area contributed by atoms with E-state index in [0.717, 1.165) is 23.1 Å². The van der Waals surface area contributed by atoms with Gasteiger partial charge in [0.15, 0.2) is 0 Å². The number of nitrogens with zero attached hydrogens (tertiary/aromatic N) is 1. The summed E-state index contributed by atoms with van der Waals surface area (Å²) in [6.07, 6.45) is 1.74. The summed E-state index contributed by atoms with van der Waals surface area (Å²) in [4.78, 5) is 26.8. The fourth-order valence-corrected chi connectivity index (χ4v) is 4.37. The third-order valence-corrected chi connectivity index (χ3v) is 5.62. The third kappa shape index (κ3) is 5.73. The molecule has 0 saturated carbocycles. The highest BCUT2D eigenvalue weighted by Crippen LogP contribution is 2.32. The standard InChI is InChI=1S/C20H16Cl2N2O3S2/c1-2-27-16-5-3-12(4-6-16)7-17-19(26)24(20(28)29-17)11-18(25)23-15-9-13(21)8-14(22)10-15/h3-10H,2,11H2,1H3,(H,23,25)/b17-7-. The van der Waals surface area contributed by atoms with E-state index in [1.807, 2.05) is 31.2 Å². The van der Waals surface area contributed by atoms with E-state index in [1.165, 1.54) is 4.90 Å². The van der Waals surface area contributed by atoms with Crippen LogP contribution >= 0.6 is 47.2 Å². The second-order valence-corrected chi connectivity index (χ2v) is 8.52. The first-order valence-electron chi connectivity index (χ1n) is 8.60. The number of anilines is 1. The van der Waals surface area contributed by atoms with Gasteiger partial charge in [-0.1, -0.05) is 59.3 Å². The third-order valence-electron chi connectivity index (χ3n) is 3.81. The highest BCUT2D eigenvalue weighted by Gasteiger charge is 2.33. The molecule has 2 aromatic carbocycles. The second-order valence-electron chi connectivity index (χ2n) is 5.98. The van der Waals surface area contributed by atoms with Crippen LogP contribution in [0.3, 0.4) is 0 Å². The van der Waals surface area contributed by atoms with Gasteiger partial charge in [0.1, 0.15) is 16.6 Å². The van der Waals surface area contributed by atoms with Crippen LogP contribution in [-0.4, -0.2) is 34.2 Å². The van der Waals surface area contributed by atoms with Crippen LogP contribution in [-0.2, 0) is 9.59 Å². The predicted molar refractivity (Wildman–Crippen MR) is 123 cm³/mol. The lowest BCUT2D eigenvalue weighted by Gasteiger charge is -2.14. The summed E-state index contributed by atoms with van der Waals surface area (Å²) in [7, 11) is 0. The molecule has 1 fully saturated rings. The van der Waals surface area contributed by atoms with Gasteiger partial charge < -0.3 is 10.1 Å². The molecule has 0 aliphatic carbocycles. The van der Waals surface area contributed by atoms with E-state index in [9.17, 15) is 9.59 Å². The normalized spacial score (nSPS) is 15.1. The summed E-state index contributed by atoms with van der Waals surface area (Å²) in [5.74, 6) is 0.0464. The van der Waals surface area contributed by atoms with Crippen LogP contribution in [0, 0.1) is 0 Å². The maximum atomic E-state index is 12.7. The number of hydrogen-bond donors (Lipinski definition) is 1. The fourth-order valence-electron chi connectivity index (χ4n) is 2.58. The predicted octanol–water partition coefficient (Wildman–Crippen LogP) is 5.23. The molecule has 0 spiro atoms. The Hall–Kier alpha value is -2.06. The van der Waals surface area contributed by atoms with Crippen molar-refractivity contribution >= 4 is 75.1 Å². The molecule has 2 aromatic rings. The van der Waals surface area contributed by atoms with Gasteiger partial charge in [-0.3, -0.25) is 14.5 Å². The minimum absolute atomic E-state index is 0.199. The molecule has 2 amide bonds. The average molecular weight is 467 g/mol. The summed E-state index contributed by atoms with van der Waals surface area (Å²) in [5, 5.41) is 3.47. The highest BCUT2D eigenvalue weighted by molar-refractivity contribution is 8.26. The summed E-state index contributed by atoms with van der Waals surface area (Å²) in [6.45, 7) is 2.30. The van der Waals surface area contributed by atoms with Crippen LogP contribution in [0.4, 0.5) is 5.69 Å². The Balaban J connectivity index is 1.67. The summed E-state index contributed by atoms with van der Waals surface area (Å²) in [5.41, 5.74) is 1.29. The number of hydrogen-bond acceptors (Lipinski definition) is 5. The van der Waals surface area contributed by atoms with Gasteiger partial charge in [0, 0.05) is 15.7 Å². The largest absolute Gasteiger partial charge is 0.494 e. The minimum atomic E-state index is -0.401. The zero-order valence-corrected chi connectivity index (χ0v) is 18.4. The Morgan fingerprint density at radius 1 is 1.21 bits per heavy atom. The lowest BCUT2D eigenvalue weighted by atomic mass is 10.2. The molecule has 0 bridgehead atoms. The Labute approximate surface area is 188 Å². The monoisotopic (exact) mass is 466 g/mol. The second kappa shape index (κ2) is 9.63. The van der Waals surface area contributed by atoms with Crippen molar-refractivity contribution in [3.8, 4) is 5.75 Å². The number of ether oxygens (including phenoxy) is 1. The molecule has 150 valence electrons. The summed E-state index contributed by atoms with van der Waals surface area (Å²) in [6, 6.07) is 12.1. The van der Waals surface area contributed by atoms with Gasteiger partial charge in [-0.05, 0) is 48.9 Å². The van der Waals surface area contributed by atoms with Crippen molar-refractivity contribution in [1.29, 1.82) is 0 Å². The van der Waals surface area contributed by atoms with E-state index in [0.29, 0.717) is 31.6 Å². The van der Waals surface area contributed by atoms with Crippen molar-refractivity contribution in [2.24, 2.45) is 0 Å². The van der Waals surface area contributed by atoms with Gasteiger partial charge in [0.2, 0.25) is 5.91 Å². The molecule has 1 aliphatic heterocycles. The van der Waals surface area contributed by atoms with Crippen LogP contribution < -0.4 is 10.1 Å². The molecule has 9 heteroatoms. The van der Waals surface area contributed by atoms with E-state index in [4.69, 9.17) is 40.2 Å². The lowest BCUT2D eigenvalue weighted by Crippen LogP contribution is -2.36. The number of rotatable bonds is 6. The number of nitrogens with one attached hydrogen (secondary N) is 1. The van der Waals surface area contributed by atoms with Gasteiger partial charge in [0.25, 0.3) is 5.91 Å². The lowest BCUT2D eigenvalue weighted by molar-refractivity contribution is -0.126. The van der Waals surface area contributed by atoms with E-state index in [-0.39, 0.29) is 12.5 Å². The van der Waals surface area contributed by atoms with E-state index in [2.05, 4.69) is 5.32 Å². The fraction of sp³-hybridized carbons (Fsp3) is 0.150. The molecule has 5 nitrogen and oxygen atoms in total. The smallest absolute Gasteiger partial charge is 0.266 e. The Morgan fingerprint density at radius 2 is 1.86 bits per heavy atom. The molecular formula is C20H16Cl2N2O3S2. The number of halogens is 2. The van der Waals surface area contributed by atoms with Crippen LogP contribution in [0.5, 0.6) is 5.75 Å². The number of amides is 2. The molecule has 0 unspecified atom stereocenters. The maximum Gasteiger partial charge on any atom is 0.266 e. The van der Waals surface area contributed by atoms with Crippen molar-refractivity contribution in [2.45, 2.75) is 6.92 Å². The van der Waals surface area contributed by atoms with Gasteiger partial charge >= 0.3 is 0 Å². The summed E-state index contributed by atoms with van der Waals surface area (Å²) >= 11 is 18.3. The zero-order chi connectivity index (χ0) is 21.0. The molecule has 1 saturated heterocycles. The Bertz CT molecular complexity index is 973. The Morgan fingerprint density at radius 3 is 2.48 bits per heavy atom. The molecule has 0 aromatic heterocycles. The van der Waals surface area contributed by atoms with Gasteiger partial charge in [-0.15, -0.1) is 0 Å². The van der Waals surface area contributed by atoms with Crippen LogP contribution in [0.1, 0.15) is 12.5 Å².